The summed E-state index contributed by atoms with van der Waals surface area (Å²) >= 11 is 0. The van der Waals surface area contributed by atoms with Crippen LogP contribution in [0, 0.1) is 0 Å². The highest BCUT2D eigenvalue weighted by atomic mass is 16.6. The molecule has 2 atom stereocenters. The zero-order valence-corrected chi connectivity index (χ0v) is 16.4. The molecule has 1 aromatic rings. The highest BCUT2D eigenvalue weighted by Crippen LogP contribution is 2.24. The average Bonchev–Trinajstić information content (AvgIpc) is 2.97. The van der Waals surface area contributed by atoms with Gasteiger partial charge in [-0.1, -0.05) is 30.3 Å². The largest absolute Gasteiger partial charge is 0.467 e. The molecule has 0 aliphatic carbocycles. The quantitative estimate of drug-likeness (QED) is 0.770. The van der Waals surface area contributed by atoms with E-state index >= 15 is 0 Å². The van der Waals surface area contributed by atoms with Crippen molar-refractivity contribution in [2.24, 2.45) is 0 Å². The maximum absolute atomic E-state index is 12.5. The van der Waals surface area contributed by atoms with Crippen LogP contribution >= 0.6 is 0 Å². The molecule has 7 heteroatoms. The third kappa shape index (κ3) is 5.98. The first-order chi connectivity index (χ1) is 12.7. The Labute approximate surface area is 160 Å². The molecule has 1 aromatic carbocycles. The van der Waals surface area contributed by atoms with E-state index in [-0.39, 0.29) is 18.5 Å². The fourth-order valence-corrected chi connectivity index (χ4v) is 3.17. The minimum Gasteiger partial charge on any atom is -0.467 e. The van der Waals surface area contributed by atoms with E-state index in [0.717, 1.165) is 5.56 Å². The van der Waals surface area contributed by atoms with Gasteiger partial charge in [0, 0.05) is 19.4 Å². The lowest BCUT2D eigenvalue weighted by Gasteiger charge is -2.32. The normalized spacial score (nSPS) is 18.1. The number of carbonyl (C=O) groups is 3. The maximum atomic E-state index is 12.5. The summed E-state index contributed by atoms with van der Waals surface area (Å²) in [6, 6.07) is 8.48. The van der Waals surface area contributed by atoms with E-state index in [9.17, 15) is 14.4 Å². The molecule has 0 radical (unpaired) electrons. The van der Waals surface area contributed by atoms with Crippen LogP contribution in [0.25, 0.3) is 0 Å². The van der Waals surface area contributed by atoms with E-state index in [1.807, 2.05) is 30.3 Å². The molecule has 7 nitrogen and oxygen atoms in total. The Balaban J connectivity index is 2.10. The number of benzene rings is 1. The Morgan fingerprint density at radius 1 is 1.26 bits per heavy atom. The van der Waals surface area contributed by atoms with Gasteiger partial charge in [0.1, 0.15) is 11.6 Å². The second kappa shape index (κ2) is 8.88. The molecule has 1 aliphatic rings. The number of hydrogen-bond acceptors (Lipinski definition) is 5. The number of carbonyl (C=O) groups excluding carboxylic acids is 3. The summed E-state index contributed by atoms with van der Waals surface area (Å²) < 4.78 is 10.2. The van der Waals surface area contributed by atoms with Crippen LogP contribution in [-0.2, 0) is 25.5 Å². The van der Waals surface area contributed by atoms with Crippen molar-refractivity contribution in [1.29, 1.82) is 0 Å². The van der Waals surface area contributed by atoms with Gasteiger partial charge >= 0.3 is 12.1 Å². The number of nitrogens with one attached hydrogen (secondary N) is 1. The number of amides is 2. The number of likely N-dealkylation sites (tertiary alicyclic amines) is 1. The molecule has 2 rings (SSSR count). The van der Waals surface area contributed by atoms with E-state index in [1.165, 1.54) is 7.11 Å². The lowest BCUT2D eigenvalue weighted by atomic mass is 10.0. The zero-order chi connectivity index (χ0) is 20.0. The number of nitrogens with zero attached hydrogens (tertiary/aromatic N) is 1. The first-order valence-corrected chi connectivity index (χ1v) is 9.11. The fourth-order valence-electron chi connectivity index (χ4n) is 3.17. The molecule has 0 spiro atoms. The van der Waals surface area contributed by atoms with Gasteiger partial charge in [0.25, 0.3) is 0 Å². The molecule has 148 valence electrons. The molecule has 27 heavy (non-hydrogen) atoms. The van der Waals surface area contributed by atoms with Gasteiger partial charge in [-0.15, -0.1) is 0 Å². The lowest BCUT2D eigenvalue weighted by Crippen LogP contribution is -2.51. The van der Waals surface area contributed by atoms with Crippen molar-refractivity contribution in [2.45, 2.75) is 57.7 Å². The summed E-state index contributed by atoms with van der Waals surface area (Å²) in [4.78, 5) is 38.4. The number of ether oxygens (including phenoxy) is 2. The summed E-state index contributed by atoms with van der Waals surface area (Å²) in [5.74, 6) is -0.575. The Morgan fingerprint density at radius 2 is 1.93 bits per heavy atom. The van der Waals surface area contributed by atoms with Crippen LogP contribution in [0.3, 0.4) is 0 Å². The van der Waals surface area contributed by atoms with E-state index in [1.54, 1.807) is 25.7 Å². The van der Waals surface area contributed by atoms with Crippen molar-refractivity contribution in [2.75, 3.05) is 13.7 Å². The first kappa shape index (κ1) is 20.7. The molecule has 0 aromatic heterocycles. The number of alkyl carbamates (subject to hydrolysis) is 1. The lowest BCUT2D eigenvalue weighted by molar-refractivity contribution is -0.152. The van der Waals surface area contributed by atoms with Gasteiger partial charge in [-0.3, -0.25) is 4.79 Å². The van der Waals surface area contributed by atoms with Crippen molar-refractivity contribution >= 4 is 18.0 Å². The molecule has 0 saturated carbocycles. The summed E-state index contributed by atoms with van der Waals surface area (Å²) in [5.41, 5.74) is 0.336. The minimum atomic E-state index is -0.724. The molecule has 1 saturated heterocycles. The summed E-state index contributed by atoms with van der Waals surface area (Å²) in [6.07, 6.45) is 0.724. The van der Waals surface area contributed by atoms with Crippen LogP contribution in [0.2, 0.25) is 0 Å². The second-order valence-electron chi connectivity index (χ2n) is 7.60. The van der Waals surface area contributed by atoms with Crippen molar-refractivity contribution < 1.29 is 23.9 Å². The standard InChI is InChI=1S/C20H28N2O5/c1-20(2,3)27-19(25)21-13-15-10-11-17(23)22(15)16(18(24)26-4)12-14-8-6-5-7-9-14/h5-9,15-16H,10-13H2,1-4H3,(H,21,25)/t15-,16-/m0/s1. The van der Waals surface area contributed by atoms with Crippen LogP contribution in [0.5, 0.6) is 0 Å². The Morgan fingerprint density at radius 3 is 2.52 bits per heavy atom. The van der Waals surface area contributed by atoms with E-state index in [2.05, 4.69) is 5.32 Å². The van der Waals surface area contributed by atoms with Gasteiger partial charge in [-0.25, -0.2) is 9.59 Å². The highest BCUT2D eigenvalue weighted by Gasteiger charge is 2.40. The van der Waals surface area contributed by atoms with Gasteiger partial charge in [0.15, 0.2) is 0 Å². The Hall–Kier alpha value is -2.57. The van der Waals surface area contributed by atoms with Crippen molar-refractivity contribution in [1.82, 2.24) is 10.2 Å². The maximum Gasteiger partial charge on any atom is 0.407 e. The van der Waals surface area contributed by atoms with Crippen molar-refractivity contribution in [3.05, 3.63) is 35.9 Å². The first-order valence-electron chi connectivity index (χ1n) is 9.11. The Kier molecular flexibility index (Phi) is 6.82. The number of methoxy groups -OCH3 is 1. The highest BCUT2D eigenvalue weighted by molar-refractivity contribution is 5.86. The second-order valence-corrected chi connectivity index (χ2v) is 7.60. The molecular weight excluding hydrogens is 348 g/mol. The summed E-state index contributed by atoms with van der Waals surface area (Å²) in [6.45, 7) is 5.57. The zero-order valence-electron chi connectivity index (χ0n) is 16.4. The monoisotopic (exact) mass is 376 g/mol. The molecule has 1 fully saturated rings. The SMILES string of the molecule is COC(=O)[C@H](Cc1ccccc1)N1C(=O)CC[C@H]1CNC(=O)OC(C)(C)C. The predicted molar refractivity (Wildman–Crippen MR) is 100 cm³/mol. The van der Waals surface area contributed by atoms with Gasteiger partial charge in [-0.05, 0) is 32.8 Å². The number of rotatable bonds is 6. The average molecular weight is 376 g/mol. The van der Waals surface area contributed by atoms with Crippen LogP contribution in [0.4, 0.5) is 4.79 Å². The van der Waals surface area contributed by atoms with E-state index in [0.29, 0.717) is 19.3 Å². The third-order valence-electron chi connectivity index (χ3n) is 4.33. The van der Waals surface area contributed by atoms with Crippen LogP contribution in [-0.4, -0.2) is 54.2 Å². The molecule has 0 unspecified atom stereocenters. The van der Waals surface area contributed by atoms with Crippen LogP contribution in [0.1, 0.15) is 39.2 Å². The third-order valence-corrected chi connectivity index (χ3v) is 4.33. The summed E-state index contributed by atoms with van der Waals surface area (Å²) in [7, 11) is 1.31. The minimum absolute atomic E-state index is 0.114. The molecule has 0 bridgehead atoms. The van der Waals surface area contributed by atoms with Crippen molar-refractivity contribution in [3.8, 4) is 0 Å². The molecular formula is C20H28N2O5. The van der Waals surface area contributed by atoms with Gasteiger partial charge in [-0.2, -0.15) is 0 Å². The van der Waals surface area contributed by atoms with Crippen molar-refractivity contribution in [3.63, 3.8) is 0 Å². The Bertz CT molecular complexity index is 669. The predicted octanol–water partition coefficient (Wildman–Crippen LogP) is 2.29. The van der Waals surface area contributed by atoms with Gasteiger partial charge < -0.3 is 19.7 Å². The van der Waals surface area contributed by atoms with Gasteiger partial charge in [0.2, 0.25) is 5.91 Å². The number of hydrogen-bond donors (Lipinski definition) is 1. The molecule has 1 heterocycles. The van der Waals surface area contributed by atoms with E-state index in [4.69, 9.17) is 9.47 Å². The molecule has 1 aliphatic heterocycles. The molecule has 2 amide bonds. The molecule has 1 N–H and O–H groups in total. The van der Waals surface area contributed by atoms with Crippen LogP contribution < -0.4 is 5.32 Å². The number of esters is 1. The fraction of sp³-hybridized carbons (Fsp3) is 0.550. The van der Waals surface area contributed by atoms with Crippen LogP contribution in [0.15, 0.2) is 30.3 Å². The summed E-state index contributed by atoms with van der Waals surface area (Å²) in [5, 5.41) is 2.70. The topological polar surface area (TPSA) is 84.9 Å². The van der Waals surface area contributed by atoms with Gasteiger partial charge in [0.05, 0.1) is 13.2 Å². The smallest absolute Gasteiger partial charge is 0.407 e. The van der Waals surface area contributed by atoms with E-state index < -0.39 is 23.7 Å².